The van der Waals surface area contributed by atoms with Gasteiger partial charge in [-0.1, -0.05) is 17.7 Å². The molecule has 2 aromatic carbocycles. The van der Waals surface area contributed by atoms with E-state index in [0.29, 0.717) is 22.0 Å². The van der Waals surface area contributed by atoms with Gasteiger partial charge in [0, 0.05) is 11.9 Å². The zero-order chi connectivity index (χ0) is 19.6. The van der Waals surface area contributed by atoms with Gasteiger partial charge in [-0.25, -0.2) is 22.8 Å². The SMILES string of the molecule is NS(=O)c1cc(NC(=O)Cc2ccc(F)c(F)c2)ccc1-n1cc(Cl)cn1. The van der Waals surface area contributed by atoms with Crippen molar-refractivity contribution < 1.29 is 17.8 Å². The molecule has 3 aromatic rings. The van der Waals surface area contributed by atoms with Gasteiger partial charge in [0.25, 0.3) is 0 Å². The summed E-state index contributed by atoms with van der Waals surface area (Å²) in [5.74, 6) is -2.46. The van der Waals surface area contributed by atoms with Gasteiger partial charge in [-0.2, -0.15) is 5.10 Å². The first-order valence-corrected chi connectivity index (χ1v) is 9.17. The van der Waals surface area contributed by atoms with Gasteiger partial charge >= 0.3 is 0 Å². The van der Waals surface area contributed by atoms with Crippen molar-refractivity contribution in [2.75, 3.05) is 5.32 Å². The Morgan fingerprint density at radius 3 is 2.63 bits per heavy atom. The van der Waals surface area contributed by atoms with Crippen LogP contribution in [0.5, 0.6) is 0 Å². The number of rotatable bonds is 5. The van der Waals surface area contributed by atoms with Crippen molar-refractivity contribution in [3.8, 4) is 5.69 Å². The van der Waals surface area contributed by atoms with Crippen molar-refractivity contribution in [2.45, 2.75) is 11.3 Å². The number of carbonyl (C=O) groups is 1. The first-order chi connectivity index (χ1) is 12.8. The van der Waals surface area contributed by atoms with Crippen LogP contribution >= 0.6 is 11.6 Å². The molecular weight excluding hydrogens is 398 g/mol. The quantitative estimate of drug-likeness (QED) is 0.677. The van der Waals surface area contributed by atoms with Gasteiger partial charge in [-0.3, -0.25) is 4.79 Å². The second kappa shape index (κ2) is 7.95. The minimum absolute atomic E-state index is 0.158. The number of amides is 1. The highest BCUT2D eigenvalue weighted by Gasteiger charge is 2.13. The Hall–Kier alpha value is -2.62. The van der Waals surface area contributed by atoms with Gasteiger partial charge in [0.05, 0.1) is 28.2 Å². The van der Waals surface area contributed by atoms with Gasteiger partial charge in [0.1, 0.15) is 11.0 Å². The first kappa shape index (κ1) is 19.2. The first-order valence-electron chi connectivity index (χ1n) is 7.58. The third-order valence-electron chi connectivity index (χ3n) is 3.61. The Balaban J connectivity index is 1.80. The molecule has 0 aliphatic rings. The number of anilines is 1. The number of nitrogens with one attached hydrogen (secondary N) is 1. The van der Waals surface area contributed by atoms with Crippen molar-refractivity contribution in [1.82, 2.24) is 9.78 Å². The molecule has 0 fully saturated rings. The van der Waals surface area contributed by atoms with Crippen molar-refractivity contribution in [1.29, 1.82) is 0 Å². The summed E-state index contributed by atoms with van der Waals surface area (Å²) in [7, 11) is -1.85. The highest BCUT2D eigenvalue weighted by Crippen LogP contribution is 2.23. The van der Waals surface area contributed by atoms with E-state index < -0.39 is 28.5 Å². The third kappa shape index (κ3) is 4.57. The molecule has 0 aliphatic heterocycles. The molecule has 3 rings (SSSR count). The van der Waals surface area contributed by atoms with E-state index in [1.807, 2.05) is 0 Å². The lowest BCUT2D eigenvalue weighted by molar-refractivity contribution is -0.115. The Bertz CT molecular complexity index is 1040. The second-order valence-electron chi connectivity index (χ2n) is 5.56. The van der Waals surface area contributed by atoms with Crippen LogP contribution in [-0.2, 0) is 22.2 Å². The molecule has 1 unspecified atom stereocenters. The van der Waals surface area contributed by atoms with Gasteiger partial charge < -0.3 is 5.32 Å². The normalized spacial score (nSPS) is 12.0. The van der Waals surface area contributed by atoms with E-state index in [-0.39, 0.29) is 11.3 Å². The number of nitrogens with two attached hydrogens (primary N) is 1. The molecule has 0 saturated heterocycles. The fraction of sp³-hybridized carbons (Fsp3) is 0.0588. The predicted molar refractivity (Wildman–Crippen MR) is 97.9 cm³/mol. The molecule has 0 spiro atoms. The summed E-state index contributed by atoms with van der Waals surface area (Å²) in [5, 5.41) is 12.6. The number of carbonyl (C=O) groups excluding carboxylic acids is 1. The zero-order valence-electron chi connectivity index (χ0n) is 13.7. The van der Waals surface area contributed by atoms with E-state index in [1.54, 1.807) is 12.1 Å². The summed E-state index contributed by atoms with van der Waals surface area (Å²) in [6, 6.07) is 7.84. The van der Waals surface area contributed by atoms with Crippen LogP contribution in [0.3, 0.4) is 0 Å². The average Bonchev–Trinajstić information content (AvgIpc) is 3.04. The molecule has 10 heteroatoms. The summed E-state index contributed by atoms with van der Waals surface area (Å²) < 4.78 is 39.5. The van der Waals surface area contributed by atoms with Crippen molar-refractivity contribution >= 4 is 34.2 Å². The third-order valence-corrected chi connectivity index (χ3v) is 4.56. The molecule has 27 heavy (non-hydrogen) atoms. The number of nitrogens with zero attached hydrogens (tertiary/aromatic N) is 2. The second-order valence-corrected chi connectivity index (χ2v) is 7.03. The topological polar surface area (TPSA) is 90.0 Å². The van der Waals surface area contributed by atoms with Gasteiger partial charge in [-0.05, 0) is 35.9 Å². The van der Waals surface area contributed by atoms with Crippen LogP contribution in [0.15, 0.2) is 53.7 Å². The lowest BCUT2D eigenvalue weighted by atomic mass is 10.1. The zero-order valence-corrected chi connectivity index (χ0v) is 15.2. The summed E-state index contributed by atoms with van der Waals surface area (Å²) >= 11 is 5.84. The Morgan fingerprint density at radius 2 is 2.00 bits per heavy atom. The molecule has 140 valence electrons. The van der Waals surface area contributed by atoms with Crippen LogP contribution in [0.25, 0.3) is 5.69 Å². The summed E-state index contributed by atoms with van der Waals surface area (Å²) in [4.78, 5) is 12.4. The molecule has 0 bridgehead atoms. The van der Waals surface area contributed by atoms with Crippen LogP contribution in [0.2, 0.25) is 5.02 Å². The Kier molecular flexibility index (Phi) is 5.64. The summed E-state index contributed by atoms with van der Waals surface area (Å²) in [5.41, 5.74) is 1.11. The fourth-order valence-electron chi connectivity index (χ4n) is 2.42. The minimum atomic E-state index is -1.85. The summed E-state index contributed by atoms with van der Waals surface area (Å²) in [6.07, 6.45) is 2.78. The van der Waals surface area contributed by atoms with E-state index >= 15 is 0 Å². The van der Waals surface area contributed by atoms with Crippen LogP contribution in [0.1, 0.15) is 5.56 Å². The van der Waals surface area contributed by atoms with Crippen LogP contribution < -0.4 is 10.5 Å². The lowest BCUT2D eigenvalue weighted by Gasteiger charge is -2.11. The Labute approximate surface area is 160 Å². The standard InChI is InChI=1S/C17H13ClF2N4O2S/c18-11-8-22-24(9-11)15-4-2-12(7-16(15)27(21)26)23-17(25)6-10-1-3-13(19)14(20)5-10/h1-5,7-9H,6,21H2,(H,23,25). The van der Waals surface area contributed by atoms with E-state index in [0.717, 1.165) is 12.1 Å². The summed E-state index contributed by atoms with van der Waals surface area (Å²) in [6.45, 7) is 0. The smallest absolute Gasteiger partial charge is 0.228 e. The fourth-order valence-corrected chi connectivity index (χ4v) is 3.16. The highest BCUT2D eigenvalue weighted by atomic mass is 35.5. The van der Waals surface area contributed by atoms with E-state index in [4.69, 9.17) is 16.7 Å². The number of benzene rings is 2. The van der Waals surface area contributed by atoms with Crippen molar-refractivity contribution in [3.63, 3.8) is 0 Å². The molecule has 0 aliphatic carbocycles. The monoisotopic (exact) mass is 410 g/mol. The number of aromatic nitrogens is 2. The van der Waals surface area contributed by atoms with E-state index in [9.17, 15) is 17.8 Å². The maximum absolute atomic E-state index is 13.2. The molecule has 1 atom stereocenters. The number of halogens is 3. The molecular formula is C17H13ClF2N4O2S. The molecule has 1 amide bonds. The lowest BCUT2D eigenvalue weighted by Crippen LogP contribution is -2.16. The molecule has 1 aromatic heterocycles. The Morgan fingerprint density at radius 1 is 1.22 bits per heavy atom. The van der Waals surface area contributed by atoms with Crippen LogP contribution in [0, 0.1) is 11.6 Å². The van der Waals surface area contributed by atoms with Crippen LogP contribution in [-0.4, -0.2) is 19.9 Å². The van der Waals surface area contributed by atoms with Crippen molar-refractivity contribution in [3.05, 3.63) is 71.0 Å². The number of hydrogen-bond acceptors (Lipinski definition) is 3. The number of hydrogen-bond donors (Lipinski definition) is 2. The van der Waals surface area contributed by atoms with E-state index in [1.165, 1.54) is 29.2 Å². The van der Waals surface area contributed by atoms with Gasteiger partial charge in [0.2, 0.25) is 5.91 Å². The molecule has 6 nitrogen and oxygen atoms in total. The average molecular weight is 411 g/mol. The van der Waals surface area contributed by atoms with E-state index in [2.05, 4.69) is 10.4 Å². The predicted octanol–water partition coefficient (Wildman–Crippen LogP) is 2.97. The molecule has 0 radical (unpaired) electrons. The maximum atomic E-state index is 13.2. The minimum Gasteiger partial charge on any atom is -0.326 e. The molecule has 0 saturated carbocycles. The van der Waals surface area contributed by atoms with Gasteiger partial charge in [-0.15, -0.1) is 0 Å². The molecule has 1 heterocycles. The molecule has 3 N–H and O–H groups in total. The van der Waals surface area contributed by atoms with Crippen LogP contribution in [0.4, 0.5) is 14.5 Å². The largest absolute Gasteiger partial charge is 0.326 e. The van der Waals surface area contributed by atoms with Crippen molar-refractivity contribution in [2.24, 2.45) is 5.14 Å². The highest BCUT2D eigenvalue weighted by molar-refractivity contribution is 7.82. The van der Waals surface area contributed by atoms with Gasteiger partial charge in [0.15, 0.2) is 11.6 Å². The maximum Gasteiger partial charge on any atom is 0.228 e.